The molecule has 0 spiro atoms. The minimum absolute atomic E-state index is 0.0161. The highest BCUT2D eigenvalue weighted by Crippen LogP contribution is 2.28. The van der Waals surface area contributed by atoms with E-state index in [2.05, 4.69) is 29.7 Å². The second-order valence-corrected chi connectivity index (χ2v) is 6.96. The molecular formula is C19H22N2O2S. The molecule has 0 aliphatic carbocycles. The van der Waals surface area contributed by atoms with Gasteiger partial charge >= 0.3 is 0 Å². The van der Waals surface area contributed by atoms with Gasteiger partial charge in [0, 0.05) is 23.7 Å². The molecule has 1 aliphatic heterocycles. The van der Waals surface area contributed by atoms with Gasteiger partial charge in [0.1, 0.15) is 0 Å². The minimum Gasteiger partial charge on any atom is -0.336 e. The van der Waals surface area contributed by atoms with Crippen molar-refractivity contribution in [3.63, 3.8) is 0 Å². The highest BCUT2D eigenvalue weighted by Gasteiger charge is 2.40. The van der Waals surface area contributed by atoms with Gasteiger partial charge in [-0.1, -0.05) is 48.5 Å². The van der Waals surface area contributed by atoms with E-state index in [1.165, 1.54) is 4.90 Å². The molecule has 126 valence electrons. The smallest absolute Gasteiger partial charge is 0.228 e. The zero-order valence-electron chi connectivity index (χ0n) is 13.7. The Labute approximate surface area is 147 Å². The summed E-state index contributed by atoms with van der Waals surface area (Å²) in [5.41, 5.74) is 4.15. The van der Waals surface area contributed by atoms with Crippen molar-refractivity contribution < 1.29 is 9.63 Å². The largest absolute Gasteiger partial charge is 0.336 e. The predicted molar refractivity (Wildman–Crippen MR) is 96.4 cm³/mol. The van der Waals surface area contributed by atoms with E-state index in [9.17, 15) is 4.79 Å². The van der Waals surface area contributed by atoms with Crippen LogP contribution in [0.4, 0.5) is 0 Å². The van der Waals surface area contributed by atoms with Gasteiger partial charge in [-0.3, -0.25) is 4.79 Å². The number of thioether (sulfide) groups is 1. The maximum atomic E-state index is 12.8. The molecule has 3 rings (SSSR count). The topological polar surface area (TPSA) is 41.6 Å². The van der Waals surface area contributed by atoms with Gasteiger partial charge in [0.15, 0.2) is 0 Å². The zero-order chi connectivity index (χ0) is 16.8. The number of nitrogens with one attached hydrogen (secondary N) is 1. The third kappa shape index (κ3) is 4.17. The fraction of sp³-hybridized carbons (Fsp3) is 0.316. The molecule has 1 aliphatic rings. The van der Waals surface area contributed by atoms with Crippen LogP contribution in [0, 0.1) is 5.92 Å². The molecule has 0 aromatic heterocycles. The molecule has 2 aromatic rings. The van der Waals surface area contributed by atoms with E-state index in [-0.39, 0.29) is 17.9 Å². The summed E-state index contributed by atoms with van der Waals surface area (Å²) in [6.07, 6.45) is 0. The second-order valence-electron chi connectivity index (χ2n) is 5.86. The number of hydroxylamine groups is 1. The number of hydrogen-bond acceptors (Lipinski definition) is 4. The molecule has 0 bridgehead atoms. The Morgan fingerprint density at radius 1 is 1.12 bits per heavy atom. The third-order valence-electron chi connectivity index (χ3n) is 4.19. The average molecular weight is 342 g/mol. The summed E-state index contributed by atoms with van der Waals surface area (Å²) >= 11 is 1.72. The van der Waals surface area contributed by atoms with Crippen molar-refractivity contribution in [2.45, 2.75) is 17.5 Å². The maximum Gasteiger partial charge on any atom is 0.228 e. The summed E-state index contributed by atoms with van der Waals surface area (Å²) in [5, 5.41) is 0. The lowest BCUT2D eigenvalue weighted by Gasteiger charge is -2.16. The fourth-order valence-electron chi connectivity index (χ4n) is 2.97. The van der Waals surface area contributed by atoms with Gasteiger partial charge in [-0.2, -0.15) is 5.48 Å². The summed E-state index contributed by atoms with van der Waals surface area (Å²) in [7, 11) is 1.60. The third-order valence-corrected chi connectivity index (χ3v) is 5.32. The van der Waals surface area contributed by atoms with Crippen LogP contribution in [0.25, 0.3) is 0 Å². The van der Waals surface area contributed by atoms with Crippen molar-refractivity contribution in [2.24, 2.45) is 5.92 Å². The highest BCUT2D eigenvalue weighted by molar-refractivity contribution is 7.99. The predicted octanol–water partition coefficient (Wildman–Crippen LogP) is 2.96. The van der Waals surface area contributed by atoms with Crippen LogP contribution in [-0.4, -0.2) is 36.3 Å². The first-order chi connectivity index (χ1) is 11.8. The zero-order valence-corrected chi connectivity index (χ0v) is 14.5. The van der Waals surface area contributed by atoms with E-state index in [4.69, 9.17) is 4.84 Å². The molecule has 1 amide bonds. The van der Waals surface area contributed by atoms with Gasteiger partial charge in [0.05, 0.1) is 19.1 Å². The van der Waals surface area contributed by atoms with E-state index in [1.54, 1.807) is 18.9 Å². The minimum atomic E-state index is -0.0844. The number of hydrogen-bond donors (Lipinski definition) is 1. The number of amides is 1. The van der Waals surface area contributed by atoms with Crippen LogP contribution >= 0.6 is 11.8 Å². The number of benzene rings is 2. The Balaban J connectivity index is 1.66. The van der Waals surface area contributed by atoms with Gasteiger partial charge < -0.3 is 9.74 Å². The summed E-state index contributed by atoms with van der Waals surface area (Å²) in [6.45, 7) is 1.32. The highest BCUT2D eigenvalue weighted by atomic mass is 32.2. The molecule has 4 nitrogen and oxygen atoms in total. The van der Waals surface area contributed by atoms with Crippen molar-refractivity contribution in [3.05, 3.63) is 66.2 Å². The van der Waals surface area contributed by atoms with Crippen molar-refractivity contribution in [2.75, 3.05) is 19.4 Å². The molecule has 1 fully saturated rings. The first-order valence-corrected chi connectivity index (χ1v) is 9.05. The Kier molecular flexibility index (Phi) is 5.91. The molecule has 1 N–H and O–H groups in total. The Morgan fingerprint density at radius 3 is 2.46 bits per heavy atom. The van der Waals surface area contributed by atoms with Crippen LogP contribution < -0.4 is 5.48 Å². The Morgan fingerprint density at radius 2 is 1.79 bits per heavy atom. The Bertz CT molecular complexity index is 651. The molecule has 1 saturated heterocycles. The molecule has 24 heavy (non-hydrogen) atoms. The SMILES string of the molecule is CON[C@@H]1CN(Cc2ccccc2)C(=O)[C@H]1CSc1ccccc1. The van der Waals surface area contributed by atoms with Crippen LogP contribution in [0.1, 0.15) is 5.56 Å². The number of carbonyl (C=O) groups is 1. The molecule has 0 radical (unpaired) electrons. The Hall–Kier alpha value is -1.82. The van der Waals surface area contributed by atoms with E-state index in [1.807, 2.05) is 41.3 Å². The van der Waals surface area contributed by atoms with Crippen molar-refractivity contribution in [3.8, 4) is 0 Å². The fourth-order valence-corrected chi connectivity index (χ4v) is 4.06. The number of nitrogens with zero attached hydrogens (tertiary/aromatic N) is 1. The second kappa shape index (κ2) is 8.33. The first-order valence-electron chi connectivity index (χ1n) is 8.07. The standard InChI is InChI=1S/C19H22N2O2S/c1-23-20-18-13-21(12-15-8-4-2-5-9-15)19(22)17(18)14-24-16-10-6-3-7-11-16/h2-11,17-18,20H,12-14H2,1H3/t17-,18+/m0/s1. The van der Waals surface area contributed by atoms with Crippen molar-refractivity contribution in [1.29, 1.82) is 0 Å². The molecule has 0 saturated carbocycles. The summed E-state index contributed by atoms with van der Waals surface area (Å²) in [6, 6.07) is 20.3. The van der Waals surface area contributed by atoms with Crippen LogP contribution in [0.5, 0.6) is 0 Å². The lowest BCUT2D eigenvalue weighted by atomic mass is 10.1. The molecular weight excluding hydrogens is 320 g/mol. The number of likely N-dealkylation sites (tertiary alicyclic amines) is 1. The summed E-state index contributed by atoms with van der Waals surface area (Å²) in [4.78, 5) is 21.1. The first kappa shape index (κ1) is 17.0. The van der Waals surface area contributed by atoms with Gasteiger partial charge in [0.25, 0.3) is 0 Å². The molecule has 0 unspecified atom stereocenters. The van der Waals surface area contributed by atoms with Gasteiger partial charge in [-0.15, -0.1) is 11.8 Å². The average Bonchev–Trinajstić information content (AvgIpc) is 2.90. The number of carbonyl (C=O) groups excluding carboxylic acids is 1. The van der Waals surface area contributed by atoms with Crippen LogP contribution in [-0.2, 0) is 16.2 Å². The summed E-state index contributed by atoms with van der Waals surface area (Å²) in [5.74, 6) is 0.852. The lowest BCUT2D eigenvalue weighted by molar-refractivity contribution is -0.131. The van der Waals surface area contributed by atoms with Gasteiger partial charge in [0.2, 0.25) is 5.91 Å². The van der Waals surface area contributed by atoms with Crippen LogP contribution in [0.3, 0.4) is 0 Å². The molecule has 2 aromatic carbocycles. The normalized spacial score (nSPS) is 20.5. The van der Waals surface area contributed by atoms with E-state index >= 15 is 0 Å². The van der Waals surface area contributed by atoms with Gasteiger partial charge in [-0.25, -0.2) is 0 Å². The molecule has 1 heterocycles. The molecule has 2 atom stereocenters. The maximum absolute atomic E-state index is 12.8. The summed E-state index contributed by atoms with van der Waals surface area (Å²) < 4.78 is 0. The number of rotatable bonds is 7. The van der Waals surface area contributed by atoms with Gasteiger partial charge in [-0.05, 0) is 17.7 Å². The van der Waals surface area contributed by atoms with E-state index in [0.717, 1.165) is 11.3 Å². The van der Waals surface area contributed by atoms with E-state index < -0.39 is 0 Å². The van der Waals surface area contributed by atoms with Crippen LogP contribution in [0.15, 0.2) is 65.6 Å². The lowest BCUT2D eigenvalue weighted by Crippen LogP contribution is -2.36. The van der Waals surface area contributed by atoms with Crippen LogP contribution in [0.2, 0.25) is 0 Å². The van der Waals surface area contributed by atoms with Crippen molar-refractivity contribution in [1.82, 2.24) is 10.4 Å². The molecule has 5 heteroatoms. The van der Waals surface area contributed by atoms with E-state index in [0.29, 0.717) is 13.1 Å². The monoisotopic (exact) mass is 342 g/mol. The quantitative estimate of drug-likeness (QED) is 0.620. The van der Waals surface area contributed by atoms with Crippen molar-refractivity contribution >= 4 is 17.7 Å².